The SMILES string of the molecule is CCCC(=NOCc1ccc(-c2ccccc2)cc1)C1=COC(C)(C)C=C1O. The monoisotopic (exact) mass is 377 g/mol. The third-order valence-electron chi connectivity index (χ3n) is 4.51. The van der Waals surface area contributed by atoms with Crippen LogP contribution in [0.15, 0.2) is 83.4 Å². The molecule has 0 atom stereocenters. The minimum Gasteiger partial charge on any atom is -0.507 e. The van der Waals surface area contributed by atoms with Gasteiger partial charge in [0.15, 0.2) is 0 Å². The van der Waals surface area contributed by atoms with Crippen LogP contribution in [0.5, 0.6) is 0 Å². The summed E-state index contributed by atoms with van der Waals surface area (Å²) in [6, 6.07) is 18.5. The lowest BCUT2D eigenvalue weighted by Crippen LogP contribution is -2.25. The van der Waals surface area contributed by atoms with Crippen molar-refractivity contribution >= 4 is 5.71 Å². The quantitative estimate of drug-likeness (QED) is 0.464. The van der Waals surface area contributed by atoms with Crippen molar-refractivity contribution in [1.82, 2.24) is 0 Å². The third kappa shape index (κ3) is 5.03. The van der Waals surface area contributed by atoms with E-state index in [0.29, 0.717) is 24.3 Å². The molecule has 3 rings (SSSR count). The van der Waals surface area contributed by atoms with E-state index in [0.717, 1.165) is 12.0 Å². The van der Waals surface area contributed by atoms with Gasteiger partial charge in [-0.15, -0.1) is 0 Å². The van der Waals surface area contributed by atoms with Crippen LogP contribution in [0.3, 0.4) is 0 Å². The molecular formula is C24H27NO3. The zero-order valence-corrected chi connectivity index (χ0v) is 16.7. The van der Waals surface area contributed by atoms with Crippen LogP contribution in [0, 0.1) is 0 Å². The van der Waals surface area contributed by atoms with E-state index in [-0.39, 0.29) is 5.76 Å². The molecule has 0 fully saturated rings. The fraction of sp³-hybridized carbons (Fsp3) is 0.292. The van der Waals surface area contributed by atoms with Crippen LogP contribution < -0.4 is 0 Å². The second-order valence-electron chi connectivity index (χ2n) is 7.41. The van der Waals surface area contributed by atoms with Gasteiger partial charge >= 0.3 is 0 Å². The first-order valence-electron chi connectivity index (χ1n) is 9.62. The Morgan fingerprint density at radius 2 is 1.71 bits per heavy atom. The second-order valence-corrected chi connectivity index (χ2v) is 7.41. The molecule has 0 radical (unpaired) electrons. The number of aliphatic hydroxyl groups excluding tert-OH is 1. The number of nitrogens with zero attached hydrogens (tertiary/aromatic N) is 1. The molecule has 1 aliphatic rings. The smallest absolute Gasteiger partial charge is 0.142 e. The normalized spacial score (nSPS) is 16.0. The molecule has 0 bridgehead atoms. The van der Waals surface area contributed by atoms with Gasteiger partial charge in [-0.05, 0) is 37.0 Å². The number of rotatable bonds is 7. The average Bonchev–Trinajstić information content (AvgIpc) is 2.68. The van der Waals surface area contributed by atoms with Gasteiger partial charge in [-0.3, -0.25) is 0 Å². The highest BCUT2D eigenvalue weighted by Gasteiger charge is 2.25. The Morgan fingerprint density at radius 1 is 1.04 bits per heavy atom. The first-order chi connectivity index (χ1) is 13.5. The molecule has 1 heterocycles. The summed E-state index contributed by atoms with van der Waals surface area (Å²) in [5, 5.41) is 14.6. The number of aliphatic hydroxyl groups is 1. The Balaban J connectivity index is 1.66. The van der Waals surface area contributed by atoms with Gasteiger partial charge < -0.3 is 14.7 Å². The first kappa shape index (κ1) is 19.7. The summed E-state index contributed by atoms with van der Waals surface area (Å²) < 4.78 is 5.66. The van der Waals surface area contributed by atoms with Crippen LogP contribution in [-0.4, -0.2) is 16.4 Å². The minimum absolute atomic E-state index is 0.180. The van der Waals surface area contributed by atoms with E-state index in [2.05, 4.69) is 36.3 Å². The maximum absolute atomic E-state index is 10.3. The number of hydrogen-bond acceptors (Lipinski definition) is 4. The number of hydrogen-bond donors (Lipinski definition) is 1. The predicted molar refractivity (Wildman–Crippen MR) is 113 cm³/mol. The van der Waals surface area contributed by atoms with Gasteiger partial charge in [0.05, 0.1) is 17.5 Å². The molecule has 0 spiro atoms. The van der Waals surface area contributed by atoms with Crippen LogP contribution in [0.4, 0.5) is 0 Å². The topological polar surface area (TPSA) is 51.0 Å². The van der Waals surface area contributed by atoms with Gasteiger partial charge in [0.1, 0.15) is 18.0 Å². The predicted octanol–water partition coefficient (Wildman–Crippen LogP) is 6.16. The van der Waals surface area contributed by atoms with Crippen molar-refractivity contribution in [3.63, 3.8) is 0 Å². The van der Waals surface area contributed by atoms with Crippen molar-refractivity contribution < 1.29 is 14.7 Å². The molecule has 28 heavy (non-hydrogen) atoms. The molecule has 4 heteroatoms. The van der Waals surface area contributed by atoms with Crippen molar-refractivity contribution in [2.75, 3.05) is 0 Å². The summed E-state index contributed by atoms with van der Waals surface area (Å²) in [4.78, 5) is 5.59. The van der Waals surface area contributed by atoms with Gasteiger partial charge in [0.25, 0.3) is 0 Å². The standard InChI is InChI=1S/C24H27NO3/c1-4-8-22(21-17-27-24(2,3)15-23(21)26)25-28-16-18-11-13-20(14-12-18)19-9-6-5-7-10-19/h5-7,9-15,17,26H,4,8,16H2,1-3H3. The summed E-state index contributed by atoms with van der Waals surface area (Å²) in [7, 11) is 0. The average molecular weight is 377 g/mol. The van der Waals surface area contributed by atoms with Crippen molar-refractivity contribution in [1.29, 1.82) is 0 Å². The van der Waals surface area contributed by atoms with Crippen LogP contribution in [-0.2, 0) is 16.2 Å². The Kier molecular flexibility index (Phi) is 6.19. The minimum atomic E-state index is -0.522. The van der Waals surface area contributed by atoms with Crippen LogP contribution in [0.1, 0.15) is 39.2 Å². The first-order valence-corrected chi connectivity index (χ1v) is 9.62. The lowest BCUT2D eigenvalue weighted by molar-refractivity contribution is 0.0929. The van der Waals surface area contributed by atoms with Crippen molar-refractivity contribution in [2.45, 2.75) is 45.8 Å². The van der Waals surface area contributed by atoms with Crippen molar-refractivity contribution in [3.8, 4) is 11.1 Å². The highest BCUT2D eigenvalue weighted by Crippen LogP contribution is 2.26. The van der Waals surface area contributed by atoms with Crippen molar-refractivity contribution in [3.05, 3.63) is 83.8 Å². The van der Waals surface area contributed by atoms with Crippen LogP contribution in [0.25, 0.3) is 11.1 Å². The lowest BCUT2D eigenvalue weighted by Gasteiger charge is -2.26. The fourth-order valence-electron chi connectivity index (χ4n) is 3.00. The molecule has 1 N–H and O–H groups in total. The molecule has 2 aromatic rings. The molecule has 0 aliphatic carbocycles. The molecule has 2 aromatic carbocycles. The summed E-state index contributed by atoms with van der Waals surface area (Å²) in [6.07, 6.45) is 4.85. The van der Waals surface area contributed by atoms with Gasteiger partial charge in [-0.1, -0.05) is 73.1 Å². The van der Waals surface area contributed by atoms with E-state index in [1.54, 1.807) is 12.3 Å². The van der Waals surface area contributed by atoms with Crippen molar-refractivity contribution in [2.24, 2.45) is 5.16 Å². The Labute approximate surface area is 166 Å². The third-order valence-corrected chi connectivity index (χ3v) is 4.51. The molecule has 1 aliphatic heterocycles. The summed E-state index contributed by atoms with van der Waals surface area (Å²) >= 11 is 0. The Morgan fingerprint density at radius 3 is 2.36 bits per heavy atom. The van der Waals surface area contributed by atoms with Gasteiger partial charge in [-0.2, -0.15) is 0 Å². The molecule has 4 nitrogen and oxygen atoms in total. The van der Waals surface area contributed by atoms with Gasteiger partial charge in [0, 0.05) is 6.08 Å². The number of benzene rings is 2. The molecule has 0 amide bonds. The number of allylic oxidation sites excluding steroid dienone is 1. The van der Waals surface area contributed by atoms with E-state index < -0.39 is 5.60 Å². The van der Waals surface area contributed by atoms with Gasteiger partial charge in [-0.25, -0.2) is 0 Å². The van der Waals surface area contributed by atoms with E-state index >= 15 is 0 Å². The van der Waals surface area contributed by atoms with E-state index in [1.165, 1.54) is 11.1 Å². The molecule has 0 aromatic heterocycles. The van der Waals surface area contributed by atoms with Gasteiger partial charge in [0.2, 0.25) is 0 Å². The van der Waals surface area contributed by atoms with Crippen LogP contribution in [0.2, 0.25) is 0 Å². The van der Waals surface area contributed by atoms with E-state index in [1.807, 2.05) is 44.2 Å². The zero-order valence-electron chi connectivity index (χ0n) is 16.7. The molecular weight excluding hydrogens is 350 g/mol. The molecule has 146 valence electrons. The highest BCUT2D eigenvalue weighted by atomic mass is 16.6. The zero-order chi connectivity index (χ0) is 20.0. The maximum atomic E-state index is 10.3. The van der Waals surface area contributed by atoms with Crippen LogP contribution >= 0.6 is 0 Å². The summed E-state index contributed by atoms with van der Waals surface area (Å²) in [5.74, 6) is 0.180. The lowest BCUT2D eigenvalue weighted by atomic mass is 9.99. The molecule has 0 saturated heterocycles. The largest absolute Gasteiger partial charge is 0.507 e. The molecule has 0 saturated carbocycles. The highest BCUT2D eigenvalue weighted by molar-refractivity contribution is 6.02. The molecule has 0 unspecified atom stereocenters. The fourth-order valence-corrected chi connectivity index (χ4v) is 3.00. The van der Waals surface area contributed by atoms with E-state index in [9.17, 15) is 5.11 Å². The second kappa shape index (κ2) is 8.79. The van der Waals surface area contributed by atoms with E-state index in [4.69, 9.17) is 9.57 Å². The summed E-state index contributed by atoms with van der Waals surface area (Å²) in [6.45, 7) is 6.21. The Hall–Kier alpha value is -3.01. The number of oxime groups is 1. The summed E-state index contributed by atoms with van der Waals surface area (Å²) in [5.41, 5.74) is 4.14. The number of ether oxygens (including phenoxy) is 1. The maximum Gasteiger partial charge on any atom is 0.142 e. The Bertz CT molecular complexity index is 878.